The van der Waals surface area contributed by atoms with Gasteiger partial charge >= 0.3 is 0 Å². The van der Waals surface area contributed by atoms with Gasteiger partial charge in [0.1, 0.15) is 5.82 Å². The number of hydrogen-bond donors (Lipinski definition) is 1. The molecule has 0 saturated carbocycles. The molecule has 28 heavy (non-hydrogen) atoms. The van der Waals surface area contributed by atoms with Crippen molar-refractivity contribution in [3.63, 3.8) is 0 Å². The van der Waals surface area contributed by atoms with Crippen LogP contribution in [-0.4, -0.2) is 15.7 Å². The lowest BCUT2D eigenvalue weighted by atomic mass is 10.0. The quantitative estimate of drug-likeness (QED) is 0.569. The van der Waals surface area contributed by atoms with Gasteiger partial charge in [0.05, 0.1) is 23.5 Å². The fourth-order valence-corrected chi connectivity index (χ4v) is 3.42. The molecule has 3 rings (SSSR count). The Balaban J connectivity index is 1.99. The summed E-state index contributed by atoms with van der Waals surface area (Å²) in [5.74, 6) is -0.683. The van der Waals surface area contributed by atoms with Gasteiger partial charge in [-0.1, -0.05) is 42.8 Å². The lowest BCUT2D eigenvalue weighted by Crippen LogP contribution is -2.28. The van der Waals surface area contributed by atoms with E-state index in [4.69, 9.17) is 11.6 Å². The molecule has 1 N–H and O–H groups in total. The zero-order valence-electron chi connectivity index (χ0n) is 16.1. The summed E-state index contributed by atoms with van der Waals surface area (Å²) < 4.78 is 16.2. The Morgan fingerprint density at radius 3 is 2.61 bits per heavy atom. The molecule has 0 saturated heterocycles. The number of carbonyl (C=O) groups is 1. The first kappa shape index (κ1) is 20.1. The van der Waals surface area contributed by atoms with E-state index >= 15 is 0 Å². The Bertz CT molecular complexity index is 983. The fourth-order valence-electron chi connectivity index (χ4n) is 3.22. The van der Waals surface area contributed by atoms with Crippen LogP contribution in [0.25, 0.3) is 11.3 Å². The van der Waals surface area contributed by atoms with Crippen molar-refractivity contribution in [1.82, 2.24) is 15.1 Å². The highest BCUT2D eigenvalue weighted by Crippen LogP contribution is 2.29. The van der Waals surface area contributed by atoms with Gasteiger partial charge in [-0.2, -0.15) is 5.10 Å². The van der Waals surface area contributed by atoms with Gasteiger partial charge < -0.3 is 5.32 Å². The van der Waals surface area contributed by atoms with Crippen LogP contribution in [-0.2, 0) is 0 Å². The molecule has 0 aliphatic heterocycles. The second-order valence-corrected chi connectivity index (χ2v) is 7.35. The number of benzene rings is 2. The van der Waals surface area contributed by atoms with Gasteiger partial charge in [-0.15, -0.1) is 0 Å². The molecule has 1 amide bonds. The maximum Gasteiger partial charge on any atom is 0.255 e. The van der Waals surface area contributed by atoms with Gasteiger partial charge in [-0.3, -0.25) is 9.48 Å². The molecule has 146 valence electrons. The molecule has 6 heteroatoms. The maximum absolute atomic E-state index is 14.5. The number of halogens is 2. The normalized spacial score (nSPS) is 12.2. The number of hydrogen-bond acceptors (Lipinski definition) is 2. The molecular weight excluding hydrogens is 377 g/mol. The number of carbonyl (C=O) groups excluding carboxylic acids is 1. The van der Waals surface area contributed by atoms with Crippen molar-refractivity contribution < 1.29 is 9.18 Å². The average Bonchev–Trinajstić information content (AvgIpc) is 3.11. The van der Waals surface area contributed by atoms with E-state index in [0.717, 1.165) is 5.56 Å². The third-order valence-corrected chi connectivity index (χ3v) is 4.86. The second kappa shape index (κ2) is 8.57. The molecule has 0 aliphatic carbocycles. The highest BCUT2D eigenvalue weighted by molar-refractivity contribution is 6.30. The molecular formula is C22H23ClFN3O. The zero-order chi connectivity index (χ0) is 20.3. The summed E-state index contributed by atoms with van der Waals surface area (Å²) in [6.07, 6.45) is 2.20. The van der Waals surface area contributed by atoms with E-state index in [2.05, 4.69) is 10.4 Å². The molecule has 0 aliphatic rings. The Hall–Kier alpha value is -2.66. The Morgan fingerprint density at radius 1 is 1.21 bits per heavy atom. The summed E-state index contributed by atoms with van der Waals surface area (Å²) in [6, 6.07) is 13.6. The van der Waals surface area contributed by atoms with Crippen LogP contribution >= 0.6 is 11.6 Å². The van der Waals surface area contributed by atoms with Gasteiger partial charge in [0.2, 0.25) is 0 Å². The van der Waals surface area contributed by atoms with Crippen molar-refractivity contribution >= 4 is 17.5 Å². The third kappa shape index (κ3) is 4.09. The molecule has 4 nitrogen and oxygen atoms in total. The molecule has 0 spiro atoms. The minimum absolute atomic E-state index is 0.0222. The standard InChI is InChI=1S/C22H23ClFN3O/c1-4-20(15-8-7-9-16(23)12-15)26-22(28)18-13-25-27(14(2)3)21(18)17-10-5-6-11-19(17)24/h5-14,20H,4H2,1-3H3,(H,26,28). The predicted octanol–water partition coefficient (Wildman–Crippen LogP) is 5.80. The van der Waals surface area contributed by atoms with Crippen LogP contribution in [0.15, 0.2) is 54.7 Å². The lowest BCUT2D eigenvalue weighted by molar-refractivity contribution is 0.0936. The van der Waals surface area contributed by atoms with Crippen molar-refractivity contribution in [3.05, 3.63) is 76.7 Å². The SMILES string of the molecule is CCC(NC(=O)c1cnn(C(C)C)c1-c1ccccc1F)c1cccc(Cl)c1. The van der Waals surface area contributed by atoms with E-state index in [0.29, 0.717) is 28.3 Å². The van der Waals surface area contributed by atoms with Crippen LogP contribution < -0.4 is 5.32 Å². The summed E-state index contributed by atoms with van der Waals surface area (Å²) in [5, 5.41) is 7.99. The van der Waals surface area contributed by atoms with E-state index in [9.17, 15) is 9.18 Å². The molecule has 3 aromatic rings. The Morgan fingerprint density at radius 2 is 1.96 bits per heavy atom. The number of aromatic nitrogens is 2. The van der Waals surface area contributed by atoms with Gasteiger partial charge in [0, 0.05) is 16.6 Å². The first-order valence-corrected chi connectivity index (χ1v) is 9.68. The van der Waals surface area contributed by atoms with Gasteiger partial charge in [-0.25, -0.2) is 4.39 Å². The molecule has 2 aromatic carbocycles. The van der Waals surface area contributed by atoms with Crippen LogP contribution in [0.3, 0.4) is 0 Å². The molecule has 1 unspecified atom stereocenters. The summed E-state index contributed by atoms with van der Waals surface area (Å²) in [6.45, 7) is 5.88. The fraction of sp³-hybridized carbons (Fsp3) is 0.273. The van der Waals surface area contributed by atoms with Crippen molar-refractivity contribution in [1.29, 1.82) is 0 Å². The summed E-state index contributed by atoms with van der Waals surface area (Å²) in [5.41, 5.74) is 2.10. The highest BCUT2D eigenvalue weighted by Gasteiger charge is 2.24. The molecule has 1 atom stereocenters. The van der Waals surface area contributed by atoms with Crippen molar-refractivity contribution in [2.45, 2.75) is 39.3 Å². The Labute approximate surface area is 169 Å². The third-order valence-electron chi connectivity index (χ3n) is 4.62. The number of nitrogens with zero attached hydrogens (tertiary/aromatic N) is 2. The van der Waals surface area contributed by atoms with Crippen molar-refractivity contribution in [2.75, 3.05) is 0 Å². The summed E-state index contributed by atoms with van der Waals surface area (Å²) in [4.78, 5) is 13.1. The smallest absolute Gasteiger partial charge is 0.255 e. The molecule has 0 bridgehead atoms. The first-order valence-electron chi connectivity index (χ1n) is 9.31. The molecule has 1 heterocycles. The molecule has 0 radical (unpaired) electrons. The van der Waals surface area contributed by atoms with Crippen LogP contribution in [0.2, 0.25) is 5.02 Å². The van der Waals surface area contributed by atoms with E-state index < -0.39 is 0 Å². The van der Waals surface area contributed by atoms with Gasteiger partial charge in [-0.05, 0) is 50.1 Å². The monoisotopic (exact) mass is 399 g/mol. The number of amides is 1. The molecule has 0 fully saturated rings. The van der Waals surface area contributed by atoms with Crippen LogP contribution in [0, 0.1) is 5.82 Å². The van der Waals surface area contributed by atoms with Crippen molar-refractivity contribution in [3.8, 4) is 11.3 Å². The van der Waals surface area contributed by atoms with E-state index in [1.165, 1.54) is 12.3 Å². The van der Waals surface area contributed by atoms with E-state index in [-0.39, 0.29) is 23.8 Å². The molecule has 1 aromatic heterocycles. The maximum atomic E-state index is 14.5. The van der Waals surface area contributed by atoms with Gasteiger partial charge in [0.15, 0.2) is 0 Å². The van der Waals surface area contributed by atoms with Crippen LogP contribution in [0.5, 0.6) is 0 Å². The second-order valence-electron chi connectivity index (χ2n) is 6.91. The van der Waals surface area contributed by atoms with Crippen LogP contribution in [0.1, 0.15) is 55.2 Å². The Kier molecular flexibility index (Phi) is 6.15. The van der Waals surface area contributed by atoms with Crippen LogP contribution in [0.4, 0.5) is 4.39 Å². The topological polar surface area (TPSA) is 46.9 Å². The lowest BCUT2D eigenvalue weighted by Gasteiger charge is -2.19. The summed E-state index contributed by atoms with van der Waals surface area (Å²) in [7, 11) is 0. The highest BCUT2D eigenvalue weighted by atomic mass is 35.5. The summed E-state index contributed by atoms with van der Waals surface area (Å²) >= 11 is 6.09. The largest absolute Gasteiger partial charge is 0.345 e. The average molecular weight is 400 g/mol. The predicted molar refractivity (Wildman–Crippen MR) is 110 cm³/mol. The zero-order valence-corrected chi connectivity index (χ0v) is 16.9. The van der Waals surface area contributed by atoms with Gasteiger partial charge in [0.25, 0.3) is 5.91 Å². The minimum Gasteiger partial charge on any atom is -0.345 e. The minimum atomic E-state index is -0.388. The van der Waals surface area contributed by atoms with E-state index in [1.807, 2.05) is 39.0 Å². The van der Waals surface area contributed by atoms with Crippen molar-refractivity contribution in [2.24, 2.45) is 0 Å². The first-order chi connectivity index (χ1) is 13.4. The number of rotatable bonds is 6. The van der Waals surface area contributed by atoms with E-state index in [1.54, 1.807) is 28.9 Å². The number of nitrogens with one attached hydrogen (secondary N) is 1.